The minimum atomic E-state index is -0.606. The zero-order valence-electron chi connectivity index (χ0n) is 12.9. The van der Waals surface area contributed by atoms with Crippen LogP contribution in [0.5, 0.6) is 0 Å². The van der Waals surface area contributed by atoms with Crippen molar-refractivity contribution < 1.29 is 14.3 Å². The van der Waals surface area contributed by atoms with Crippen LogP contribution >= 0.6 is 0 Å². The fourth-order valence-corrected chi connectivity index (χ4v) is 2.03. The largest absolute Gasteiger partial charge is 0.391 e. The summed E-state index contributed by atoms with van der Waals surface area (Å²) in [5, 5.41) is 16.5. The molecule has 0 saturated carbocycles. The Labute approximate surface area is 128 Å². The van der Waals surface area contributed by atoms with E-state index in [4.69, 9.17) is 0 Å². The summed E-state index contributed by atoms with van der Waals surface area (Å²) in [6.07, 6.45) is 0.796. The zero-order chi connectivity index (χ0) is 16.3. The van der Waals surface area contributed by atoms with E-state index in [-0.39, 0.29) is 18.4 Å². The Morgan fingerprint density at radius 2 is 2.09 bits per heavy atom. The van der Waals surface area contributed by atoms with Crippen molar-refractivity contribution in [2.24, 2.45) is 5.92 Å². The summed E-state index contributed by atoms with van der Waals surface area (Å²) in [4.78, 5) is 12.2. The lowest BCUT2D eigenvalue weighted by Gasteiger charge is -2.14. The number of benzene rings is 1. The molecule has 0 radical (unpaired) electrons. The van der Waals surface area contributed by atoms with Crippen molar-refractivity contribution in [1.82, 2.24) is 15.1 Å². The molecule has 1 heterocycles. The number of aliphatic hydroxyl groups excluding tert-OH is 1. The van der Waals surface area contributed by atoms with Gasteiger partial charge in [-0.05, 0) is 25.0 Å². The van der Waals surface area contributed by atoms with E-state index in [2.05, 4.69) is 10.4 Å². The quantitative estimate of drug-likeness (QED) is 0.888. The van der Waals surface area contributed by atoms with E-state index in [1.54, 1.807) is 25.1 Å². The van der Waals surface area contributed by atoms with Crippen LogP contribution in [0.25, 0.3) is 5.69 Å². The average molecular weight is 305 g/mol. The van der Waals surface area contributed by atoms with Crippen LogP contribution in [0.4, 0.5) is 4.39 Å². The summed E-state index contributed by atoms with van der Waals surface area (Å²) >= 11 is 0. The number of halogens is 1. The molecule has 1 aromatic heterocycles. The van der Waals surface area contributed by atoms with Crippen LogP contribution in [0.15, 0.2) is 30.5 Å². The first-order valence-corrected chi connectivity index (χ1v) is 7.17. The smallest absolute Gasteiger partial charge is 0.254 e. The molecular formula is C16H20FN3O2. The third-order valence-electron chi connectivity index (χ3n) is 3.58. The third-order valence-corrected chi connectivity index (χ3v) is 3.58. The van der Waals surface area contributed by atoms with Crippen molar-refractivity contribution >= 4 is 5.91 Å². The van der Waals surface area contributed by atoms with Gasteiger partial charge in [-0.2, -0.15) is 5.10 Å². The van der Waals surface area contributed by atoms with Gasteiger partial charge in [0.25, 0.3) is 5.91 Å². The van der Waals surface area contributed by atoms with Gasteiger partial charge in [-0.25, -0.2) is 9.07 Å². The number of hydrogen-bond donors (Lipinski definition) is 2. The van der Waals surface area contributed by atoms with Crippen molar-refractivity contribution in [2.75, 3.05) is 6.54 Å². The fraction of sp³-hybridized carbons (Fsp3) is 0.375. The van der Waals surface area contributed by atoms with E-state index >= 15 is 0 Å². The van der Waals surface area contributed by atoms with E-state index < -0.39 is 11.9 Å². The van der Waals surface area contributed by atoms with Gasteiger partial charge in [-0.15, -0.1) is 0 Å². The lowest BCUT2D eigenvalue weighted by molar-refractivity contribution is 0.0871. The summed E-state index contributed by atoms with van der Waals surface area (Å²) in [6.45, 7) is 5.62. The lowest BCUT2D eigenvalue weighted by atomic mass is 10.1. The van der Waals surface area contributed by atoms with Crippen LogP contribution < -0.4 is 5.32 Å². The maximum Gasteiger partial charge on any atom is 0.254 e. The molecule has 0 aliphatic rings. The predicted molar refractivity (Wildman–Crippen MR) is 81.4 cm³/mol. The Morgan fingerprint density at radius 1 is 1.41 bits per heavy atom. The second-order valence-electron chi connectivity index (χ2n) is 5.53. The Bertz CT molecular complexity index is 667. The van der Waals surface area contributed by atoms with Crippen LogP contribution in [0.1, 0.15) is 29.9 Å². The zero-order valence-corrected chi connectivity index (χ0v) is 12.9. The highest BCUT2D eigenvalue weighted by Gasteiger charge is 2.18. The van der Waals surface area contributed by atoms with Crippen LogP contribution in [0.3, 0.4) is 0 Å². The highest BCUT2D eigenvalue weighted by molar-refractivity contribution is 5.95. The Hall–Kier alpha value is -2.21. The Kier molecular flexibility index (Phi) is 4.92. The SMILES string of the molecule is Cc1c(C(=O)NCC(O)C(C)C)cnn1-c1ccccc1F. The Balaban J connectivity index is 2.18. The predicted octanol–water partition coefficient (Wildman–Crippen LogP) is 2.07. The van der Waals surface area contributed by atoms with E-state index in [9.17, 15) is 14.3 Å². The Morgan fingerprint density at radius 3 is 2.73 bits per heavy atom. The van der Waals surface area contributed by atoms with E-state index in [1.165, 1.54) is 16.9 Å². The number of hydrogen-bond acceptors (Lipinski definition) is 3. The molecule has 1 unspecified atom stereocenters. The van der Waals surface area contributed by atoms with E-state index in [0.29, 0.717) is 16.9 Å². The van der Waals surface area contributed by atoms with Gasteiger partial charge < -0.3 is 10.4 Å². The van der Waals surface area contributed by atoms with Crippen LogP contribution in [0, 0.1) is 18.7 Å². The molecule has 1 aromatic carbocycles. The summed E-state index contributed by atoms with van der Waals surface area (Å²) in [5.41, 5.74) is 1.20. The molecule has 0 aliphatic heterocycles. The fourth-order valence-electron chi connectivity index (χ4n) is 2.03. The molecule has 2 rings (SSSR count). The molecule has 5 nitrogen and oxygen atoms in total. The molecule has 1 amide bonds. The maximum absolute atomic E-state index is 13.8. The molecule has 22 heavy (non-hydrogen) atoms. The van der Waals surface area contributed by atoms with Gasteiger partial charge in [0.1, 0.15) is 11.5 Å². The number of aromatic nitrogens is 2. The summed E-state index contributed by atoms with van der Waals surface area (Å²) < 4.78 is 15.2. The molecule has 1 atom stereocenters. The second-order valence-corrected chi connectivity index (χ2v) is 5.53. The summed E-state index contributed by atoms with van der Waals surface area (Å²) in [7, 11) is 0. The minimum absolute atomic E-state index is 0.0579. The number of nitrogens with zero attached hydrogens (tertiary/aromatic N) is 2. The molecule has 0 fully saturated rings. The van der Waals surface area contributed by atoms with E-state index in [0.717, 1.165) is 0 Å². The van der Waals surface area contributed by atoms with Crippen molar-refractivity contribution in [1.29, 1.82) is 0 Å². The number of para-hydroxylation sites is 1. The van der Waals surface area contributed by atoms with Gasteiger partial charge in [-0.3, -0.25) is 4.79 Å². The molecule has 0 aliphatic carbocycles. The topological polar surface area (TPSA) is 67.2 Å². The van der Waals surface area contributed by atoms with E-state index in [1.807, 2.05) is 13.8 Å². The van der Waals surface area contributed by atoms with Crippen LogP contribution in [0.2, 0.25) is 0 Å². The first-order chi connectivity index (χ1) is 10.4. The number of amides is 1. The summed E-state index contributed by atoms with van der Waals surface area (Å²) in [5.74, 6) is -0.682. The minimum Gasteiger partial charge on any atom is -0.391 e. The van der Waals surface area contributed by atoms with Gasteiger partial charge in [0.15, 0.2) is 0 Å². The molecule has 2 N–H and O–H groups in total. The molecule has 0 saturated heterocycles. The first kappa shape index (κ1) is 16.2. The maximum atomic E-state index is 13.8. The highest BCUT2D eigenvalue weighted by Crippen LogP contribution is 2.17. The number of carbonyl (C=O) groups is 1. The van der Waals surface area contributed by atoms with Gasteiger partial charge in [0.2, 0.25) is 0 Å². The molecule has 2 aromatic rings. The van der Waals surface area contributed by atoms with Crippen LogP contribution in [-0.2, 0) is 0 Å². The average Bonchev–Trinajstić information content (AvgIpc) is 2.86. The standard InChI is InChI=1S/C16H20FN3O2/c1-10(2)15(21)9-18-16(22)12-8-19-20(11(12)3)14-7-5-4-6-13(14)17/h4-8,10,15,21H,9H2,1-3H3,(H,18,22). The highest BCUT2D eigenvalue weighted by atomic mass is 19.1. The summed E-state index contributed by atoms with van der Waals surface area (Å²) in [6, 6.07) is 6.24. The molecule has 118 valence electrons. The number of nitrogens with one attached hydrogen (secondary N) is 1. The normalized spacial score (nSPS) is 12.5. The molecule has 0 bridgehead atoms. The lowest BCUT2D eigenvalue weighted by Crippen LogP contribution is -2.34. The van der Waals surface area contributed by atoms with Crippen molar-refractivity contribution in [2.45, 2.75) is 26.9 Å². The second kappa shape index (κ2) is 6.70. The molecule has 0 spiro atoms. The number of rotatable bonds is 5. The van der Waals surface area contributed by atoms with Crippen molar-refractivity contribution in [3.05, 3.63) is 47.5 Å². The van der Waals surface area contributed by atoms with Crippen LogP contribution in [-0.4, -0.2) is 33.4 Å². The third kappa shape index (κ3) is 3.33. The van der Waals surface area contributed by atoms with Crippen molar-refractivity contribution in [3.63, 3.8) is 0 Å². The van der Waals surface area contributed by atoms with Gasteiger partial charge in [-0.1, -0.05) is 26.0 Å². The number of carbonyl (C=O) groups excluding carboxylic acids is 1. The van der Waals surface area contributed by atoms with Gasteiger partial charge in [0.05, 0.1) is 23.6 Å². The first-order valence-electron chi connectivity index (χ1n) is 7.17. The monoisotopic (exact) mass is 305 g/mol. The van der Waals surface area contributed by atoms with Crippen molar-refractivity contribution in [3.8, 4) is 5.69 Å². The van der Waals surface area contributed by atoms with Gasteiger partial charge >= 0.3 is 0 Å². The number of aliphatic hydroxyl groups is 1. The van der Waals surface area contributed by atoms with Gasteiger partial charge in [0, 0.05) is 6.54 Å². The molecular weight excluding hydrogens is 285 g/mol. The molecule has 6 heteroatoms.